The molecule has 0 unspecified atom stereocenters. The normalized spacial score (nSPS) is 18.1. The first-order valence-corrected chi connectivity index (χ1v) is 18.6. The molecule has 0 bridgehead atoms. The zero-order valence-corrected chi connectivity index (χ0v) is 30.4. The SMILES string of the molecule is O=C(OC(=O)C1(c2cccc3ccccc23)OCC(c2ccccc2)(c2ccccc2)CO1)C1(c2ccco2)OCC(c2ccccc2)(c2ccccc2)CO1. The number of furan rings is 1. The average Bonchev–Trinajstić information content (AvgIpc) is 3.83. The van der Waals surface area contributed by atoms with Crippen molar-refractivity contribution >= 4 is 22.7 Å². The summed E-state index contributed by atoms with van der Waals surface area (Å²) in [6.45, 7) is 0.0629. The van der Waals surface area contributed by atoms with Gasteiger partial charge in [-0.15, -0.1) is 0 Å². The van der Waals surface area contributed by atoms with Crippen LogP contribution in [0.5, 0.6) is 0 Å². The first kappa shape index (κ1) is 35.5. The molecule has 8 nitrogen and oxygen atoms in total. The van der Waals surface area contributed by atoms with Crippen molar-refractivity contribution in [2.45, 2.75) is 22.4 Å². The molecule has 0 N–H and O–H groups in total. The van der Waals surface area contributed by atoms with Crippen molar-refractivity contribution in [3.63, 3.8) is 0 Å². The lowest BCUT2D eigenvalue weighted by Gasteiger charge is -2.46. The van der Waals surface area contributed by atoms with Crippen molar-refractivity contribution in [2.24, 2.45) is 0 Å². The van der Waals surface area contributed by atoms with E-state index < -0.39 is 34.3 Å². The van der Waals surface area contributed by atoms with Crippen LogP contribution in [0.25, 0.3) is 10.8 Å². The molecule has 0 saturated carbocycles. The van der Waals surface area contributed by atoms with Gasteiger partial charge in [-0.05, 0) is 45.2 Å². The summed E-state index contributed by atoms with van der Waals surface area (Å²) < 4.78 is 38.2. The van der Waals surface area contributed by atoms with Gasteiger partial charge in [-0.2, -0.15) is 0 Å². The molecule has 9 rings (SSSR count). The van der Waals surface area contributed by atoms with E-state index in [-0.39, 0.29) is 32.2 Å². The highest BCUT2D eigenvalue weighted by atomic mass is 16.8. The third kappa shape index (κ3) is 5.86. The Bertz CT molecular complexity index is 2340. The van der Waals surface area contributed by atoms with Gasteiger partial charge >= 0.3 is 17.7 Å². The third-order valence-corrected chi connectivity index (χ3v) is 11.1. The number of carbonyl (C=O) groups excluding carboxylic acids is 2. The molecule has 0 aliphatic carbocycles. The largest absolute Gasteiger partial charge is 0.463 e. The number of hydrogen-bond donors (Lipinski definition) is 0. The van der Waals surface area contributed by atoms with Crippen molar-refractivity contribution in [1.82, 2.24) is 0 Å². The Labute approximate surface area is 324 Å². The zero-order chi connectivity index (χ0) is 38.1. The number of ether oxygens (including phenoxy) is 5. The van der Waals surface area contributed by atoms with Crippen molar-refractivity contribution in [1.29, 1.82) is 0 Å². The number of carbonyl (C=O) groups is 2. The maximum absolute atomic E-state index is 14.9. The number of esters is 2. The van der Waals surface area contributed by atoms with Crippen LogP contribution in [0.2, 0.25) is 0 Å². The Morgan fingerprint density at radius 3 is 1.30 bits per heavy atom. The molecule has 0 atom stereocenters. The van der Waals surface area contributed by atoms with Gasteiger partial charge in [0.25, 0.3) is 5.79 Å². The second-order valence-corrected chi connectivity index (χ2v) is 14.2. The first-order chi connectivity index (χ1) is 27.5. The Morgan fingerprint density at radius 2 is 0.839 bits per heavy atom. The number of hydrogen-bond acceptors (Lipinski definition) is 8. The van der Waals surface area contributed by atoms with E-state index in [0.717, 1.165) is 27.6 Å². The number of benzene rings is 6. The molecule has 0 spiro atoms. The molecule has 8 heteroatoms. The molecule has 6 aromatic carbocycles. The highest BCUT2D eigenvalue weighted by molar-refractivity contribution is 5.97. The molecule has 1 aromatic heterocycles. The van der Waals surface area contributed by atoms with Gasteiger partial charge in [-0.25, -0.2) is 9.59 Å². The lowest BCUT2D eigenvalue weighted by atomic mass is 9.75. The van der Waals surface area contributed by atoms with E-state index in [1.165, 1.54) is 6.26 Å². The van der Waals surface area contributed by atoms with Crippen LogP contribution in [0, 0.1) is 0 Å². The first-order valence-electron chi connectivity index (χ1n) is 18.6. The topological polar surface area (TPSA) is 93.4 Å². The Morgan fingerprint density at radius 1 is 0.429 bits per heavy atom. The van der Waals surface area contributed by atoms with Crippen LogP contribution in [0.1, 0.15) is 33.6 Å². The summed E-state index contributed by atoms with van der Waals surface area (Å²) in [4.78, 5) is 29.6. The highest BCUT2D eigenvalue weighted by Crippen LogP contribution is 2.47. The average molecular weight is 743 g/mol. The summed E-state index contributed by atoms with van der Waals surface area (Å²) in [5.41, 5.74) is 2.58. The number of fused-ring (bicyclic) bond motifs is 1. The Balaban J connectivity index is 1.10. The lowest BCUT2D eigenvalue weighted by Crippen LogP contribution is -2.58. The van der Waals surface area contributed by atoms with Gasteiger partial charge in [-0.1, -0.05) is 164 Å². The van der Waals surface area contributed by atoms with Crippen molar-refractivity contribution in [3.8, 4) is 0 Å². The highest BCUT2D eigenvalue weighted by Gasteiger charge is 2.60. The fourth-order valence-electron chi connectivity index (χ4n) is 8.04. The van der Waals surface area contributed by atoms with Gasteiger partial charge in [0.05, 0.1) is 43.5 Å². The minimum atomic E-state index is -2.22. The molecule has 3 heterocycles. The molecular formula is C48H38O8. The van der Waals surface area contributed by atoms with E-state index in [9.17, 15) is 9.59 Å². The summed E-state index contributed by atoms with van der Waals surface area (Å²) in [7, 11) is 0. The molecule has 2 aliphatic rings. The maximum atomic E-state index is 14.9. The predicted octanol–water partition coefficient (Wildman–Crippen LogP) is 8.57. The van der Waals surface area contributed by atoms with Gasteiger partial charge in [0.2, 0.25) is 0 Å². The smallest absolute Gasteiger partial charge is 0.383 e. The van der Waals surface area contributed by atoms with Gasteiger partial charge in [0.1, 0.15) is 0 Å². The summed E-state index contributed by atoms with van der Waals surface area (Å²) in [6, 6.07) is 55.8. The Hall–Kier alpha value is -6.16. The lowest BCUT2D eigenvalue weighted by molar-refractivity contribution is -0.308. The summed E-state index contributed by atoms with van der Waals surface area (Å²) in [6.07, 6.45) is 1.41. The summed E-state index contributed by atoms with van der Waals surface area (Å²) in [5, 5.41) is 1.55. The van der Waals surface area contributed by atoms with E-state index in [1.807, 2.05) is 158 Å². The van der Waals surface area contributed by atoms with E-state index in [2.05, 4.69) is 0 Å². The predicted molar refractivity (Wildman–Crippen MR) is 208 cm³/mol. The van der Waals surface area contributed by atoms with E-state index in [1.54, 1.807) is 18.2 Å². The van der Waals surface area contributed by atoms with Crippen LogP contribution < -0.4 is 0 Å². The van der Waals surface area contributed by atoms with Gasteiger partial charge < -0.3 is 28.1 Å². The van der Waals surface area contributed by atoms with E-state index in [0.29, 0.717) is 10.9 Å². The van der Waals surface area contributed by atoms with Crippen molar-refractivity contribution in [3.05, 3.63) is 216 Å². The molecule has 278 valence electrons. The van der Waals surface area contributed by atoms with Crippen LogP contribution in [-0.4, -0.2) is 38.4 Å². The van der Waals surface area contributed by atoms with Crippen LogP contribution in [-0.2, 0) is 55.7 Å². The molecule has 56 heavy (non-hydrogen) atoms. The second-order valence-electron chi connectivity index (χ2n) is 14.2. The van der Waals surface area contributed by atoms with Crippen molar-refractivity contribution < 1.29 is 37.7 Å². The quantitative estimate of drug-likeness (QED) is 0.113. The molecule has 7 aromatic rings. The third-order valence-electron chi connectivity index (χ3n) is 11.1. The van der Waals surface area contributed by atoms with E-state index in [4.69, 9.17) is 28.1 Å². The molecule has 2 fully saturated rings. The molecule has 2 aliphatic heterocycles. The fraction of sp³-hybridized carbons (Fsp3) is 0.167. The standard InChI is InChI=1S/C48H38O8/c49-43(56-44(50)48(42-29-16-30-51-42)54-33-46(34-55-48,38-23-9-3-10-24-38)39-25-11-4-12-26-39)47(41-28-15-18-35-17-13-14-27-40(35)41)52-31-45(32-53-47,36-19-5-1-6-20-36)37-21-7-2-8-22-37/h1-30H,31-34H2. The van der Waals surface area contributed by atoms with Crippen LogP contribution in [0.15, 0.2) is 187 Å². The zero-order valence-electron chi connectivity index (χ0n) is 30.4. The van der Waals surface area contributed by atoms with Crippen LogP contribution in [0.4, 0.5) is 0 Å². The molecule has 0 amide bonds. The monoisotopic (exact) mass is 742 g/mol. The fourth-order valence-corrected chi connectivity index (χ4v) is 8.04. The summed E-state index contributed by atoms with van der Waals surface area (Å²) >= 11 is 0. The molecule has 0 radical (unpaired) electrons. The van der Waals surface area contributed by atoms with Crippen LogP contribution in [0.3, 0.4) is 0 Å². The van der Waals surface area contributed by atoms with Gasteiger partial charge in [-0.3, -0.25) is 0 Å². The van der Waals surface area contributed by atoms with Gasteiger partial charge in [0, 0.05) is 5.56 Å². The minimum absolute atomic E-state index is 0.00313. The van der Waals surface area contributed by atoms with Crippen LogP contribution >= 0.6 is 0 Å². The van der Waals surface area contributed by atoms with E-state index >= 15 is 0 Å². The molecule has 2 saturated heterocycles. The second kappa shape index (κ2) is 14.5. The number of rotatable bonds is 8. The van der Waals surface area contributed by atoms with Gasteiger partial charge in [0.15, 0.2) is 5.76 Å². The van der Waals surface area contributed by atoms with Crippen molar-refractivity contribution in [2.75, 3.05) is 26.4 Å². The maximum Gasteiger partial charge on any atom is 0.383 e. The summed E-state index contributed by atoms with van der Waals surface area (Å²) in [5.74, 6) is -6.54. The molecular weight excluding hydrogens is 705 g/mol. The Kier molecular flexibility index (Phi) is 9.19. The minimum Gasteiger partial charge on any atom is -0.463 e.